The number of rotatable bonds is 5. The van der Waals surface area contributed by atoms with Gasteiger partial charge in [-0.05, 0) is 86.0 Å². The minimum absolute atomic E-state index is 0.440. The van der Waals surface area contributed by atoms with Gasteiger partial charge in [0.15, 0.2) is 17.5 Å². The molecule has 0 N–H and O–H groups in total. The predicted molar refractivity (Wildman–Crippen MR) is 252 cm³/mol. The molecule has 2 heterocycles. The highest BCUT2D eigenvalue weighted by Gasteiger charge is 2.51. The smallest absolute Gasteiger partial charge is 0.164 e. The van der Waals surface area contributed by atoms with Crippen LogP contribution in [0.3, 0.4) is 0 Å². The Morgan fingerprint density at radius 1 is 0.290 bits per heavy atom. The zero-order chi connectivity index (χ0) is 40.8. The summed E-state index contributed by atoms with van der Waals surface area (Å²) in [4.78, 5) is 15.4. The van der Waals surface area contributed by atoms with E-state index in [1.165, 1.54) is 60.8 Å². The van der Waals surface area contributed by atoms with Crippen LogP contribution in [-0.2, 0) is 5.41 Å². The van der Waals surface area contributed by atoms with E-state index in [4.69, 9.17) is 15.0 Å². The quantitative estimate of drug-likeness (QED) is 0.174. The Kier molecular flexibility index (Phi) is 7.49. The van der Waals surface area contributed by atoms with Crippen LogP contribution in [0.4, 0.5) is 0 Å². The molecule has 0 saturated carbocycles. The number of fused-ring (bicyclic) bond motifs is 13. The first-order chi connectivity index (χ1) is 30.7. The van der Waals surface area contributed by atoms with E-state index in [9.17, 15) is 0 Å². The Morgan fingerprint density at radius 2 is 0.758 bits per heavy atom. The van der Waals surface area contributed by atoms with Crippen LogP contribution in [0.15, 0.2) is 218 Å². The molecule has 0 radical (unpaired) electrons. The third kappa shape index (κ3) is 4.98. The van der Waals surface area contributed by atoms with Crippen LogP contribution >= 0.6 is 0 Å². The Hall–Kier alpha value is -8.21. The number of para-hydroxylation sites is 1. The molecule has 0 fully saturated rings. The van der Waals surface area contributed by atoms with E-state index in [1.807, 2.05) is 24.3 Å². The van der Waals surface area contributed by atoms with Crippen LogP contribution in [0, 0.1) is 0 Å². The fourth-order valence-corrected chi connectivity index (χ4v) is 10.4. The summed E-state index contributed by atoms with van der Waals surface area (Å²) in [5.41, 5.74) is 18.6. The lowest BCUT2D eigenvalue weighted by molar-refractivity contribution is 0.794. The number of aromatic nitrogens is 4. The number of hydrogen-bond acceptors (Lipinski definition) is 3. The average molecular weight is 789 g/mol. The lowest BCUT2D eigenvalue weighted by Gasteiger charge is -2.30. The maximum Gasteiger partial charge on any atom is 0.164 e. The van der Waals surface area contributed by atoms with Crippen molar-refractivity contribution in [2.24, 2.45) is 0 Å². The lowest BCUT2D eigenvalue weighted by atomic mass is 9.70. The van der Waals surface area contributed by atoms with Crippen LogP contribution < -0.4 is 0 Å². The number of hydrogen-bond donors (Lipinski definition) is 0. The van der Waals surface area contributed by atoms with E-state index in [0.717, 1.165) is 39.0 Å². The first-order valence-electron chi connectivity index (χ1n) is 21.2. The average Bonchev–Trinajstić information content (AvgIpc) is 3.95. The van der Waals surface area contributed by atoms with Gasteiger partial charge in [0.1, 0.15) is 0 Å². The van der Waals surface area contributed by atoms with Crippen molar-refractivity contribution in [3.63, 3.8) is 0 Å². The fraction of sp³-hybridized carbons (Fsp3) is 0.0172. The second kappa shape index (κ2) is 13.4. The molecule has 0 amide bonds. The molecule has 62 heavy (non-hydrogen) atoms. The summed E-state index contributed by atoms with van der Waals surface area (Å²) in [6, 6.07) is 78.6. The second-order valence-electron chi connectivity index (χ2n) is 16.3. The van der Waals surface area contributed by atoms with Crippen molar-refractivity contribution in [3.8, 4) is 73.2 Å². The van der Waals surface area contributed by atoms with E-state index >= 15 is 0 Å². The monoisotopic (exact) mass is 788 g/mol. The fourth-order valence-electron chi connectivity index (χ4n) is 10.4. The van der Waals surface area contributed by atoms with E-state index in [2.05, 4.69) is 199 Å². The zero-order valence-corrected chi connectivity index (χ0v) is 33.6. The van der Waals surface area contributed by atoms with Crippen molar-refractivity contribution in [3.05, 3.63) is 241 Å². The van der Waals surface area contributed by atoms with Crippen molar-refractivity contribution >= 4 is 21.8 Å². The van der Waals surface area contributed by atoms with Gasteiger partial charge in [-0.25, -0.2) is 15.0 Å². The summed E-state index contributed by atoms with van der Waals surface area (Å²) in [7, 11) is 0. The molecule has 2 aliphatic rings. The summed E-state index contributed by atoms with van der Waals surface area (Å²) in [5, 5.41) is 2.44. The van der Waals surface area contributed by atoms with Crippen LogP contribution in [0.25, 0.3) is 95.0 Å². The second-order valence-corrected chi connectivity index (χ2v) is 16.3. The summed E-state index contributed by atoms with van der Waals surface area (Å²) < 4.78 is 2.43. The molecule has 9 aromatic carbocycles. The molecular weight excluding hydrogens is 753 g/mol. The standard InChI is InChI=1S/C58H36N4/c1-3-16-37(17-4-1)38-30-32-40(33-31-38)56-59-55(39-18-5-2-6-19-39)60-57(61-56)41-20-15-21-42(34-41)62-53-29-14-10-25-46(53)48-35-47-45-24-9-13-28-51(45)58(52(47)36-54(48)62)49-26-11-7-22-43(49)44-23-8-12-27-50(44)58/h1-36H. The van der Waals surface area contributed by atoms with E-state index in [-0.39, 0.29) is 0 Å². The zero-order valence-electron chi connectivity index (χ0n) is 33.6. The summed E-state index contributed by atoms with van der Waals surface area (Å²) in [5.74, 6) is 1.89. The van der Waals surface area contributed by atoms with Gasteiger partial charge in [-0.2, -0.15) is 0 Å². The topological polar surface area (TPSA) is 43.6 Å². The molecule has 0 aliphatic heterocycles. The molecule has 13 rings (SSSR count). The van der Waals surface area contributed by atoms with Gasteiger partial charge < -0.3 is 4.57 Å². The molecule has 0 atom stereocenters. The maximum absolute atomic E-state index is 5.18. The van der Waals surface area contributed by atoms with E-state index < -0.39 is 5.41 Å². The number of benzene rings is 9. The Bertz CT molecular complexity index is 3520. The first-order valence-corrected chi connectivity index (χ1v) is 21.2. The maximum atomic E-state index is 5.18. The van der Waals surface area contributed by atoms with Crippen LogP contribution in [-0.4, -0.2) is 19.5 Å². The normalized spacial score (nSPS) is 13.0. The molecule has 4 heteroatoms. The summed E-state index contributed by atoms with van der Waals surface area (Å²) in [6.45, 7) is 0. The van der Waals surface area contributed by atoms with Crippen molar-refractivity contribution in [2.45, 2.75) is 5.41 Å². The van der Waals surface area contributed by atoms with Crippen LogP contribution in [0.5, 0.6) is 0 Å². The van der Waals surface area contributed by atoms with Crippen LogP contribution in [0.2, 0.25) is 0 Å². The Morgan fingerprint density at radius 3 is 1.40 bits per heavy atom. The van der Waals surface area contributed by atoms with Crippen molar-refractivity contribution in [1.82, 2.24) is 19.5 Å². The summed E-state index contributed by atoms with van der Waals surface area (Å²) >= 11 is 0. The Balaban J connectivity index is 1.02. The molecule has 0 saturated heterocycles. The van der Waals surface area contributed by atoms with Crippen molar-refractivity contribution in [2.75, 3.05) is 0 Å². The predicted octanol–water partition coefficient (Wildman–Crippen LogP) is 14.0. The summed E-state index contributed by atoms with van der Waals surface area (Å²) in [6.07, 6.45) is 0. The number of nitrogens with zero attached hydrogens (tertiary/aromatic N) is 4. The van der Waals surface area contributed by atoms with Gasteiger partial charge in [0.05, 0.1) is 16.4 Å². The Labute approximate surface area is 359 Å². The van der Waals surface area contributed by atoms with Gasteiger partial charge in [0.25, 0.3) is 0 Å². The molecule has 4 nitrogen and oxygen atoms in total. The third-order valence-electron chi connectivity index (χ3n) is 13.1. The first kappa shape index (κ1) is 34.6. The van der Waals surface area contributed by atoms with Gasteiger partial charge in [-0.3, -0.25) is 0 Å². The van der Waals surface area contributed by atoms with E-state index in [0.29, 0.717) is 17.5 Å². The molecule has 288 valence electrons. The van der Waals surface area contributed by atoms with E-state index in [1.54, 1.807) is 0 Å². The van der Waals surface area contributed by atoms with Gasteiger partial charge >= 0.3 is 0 Å². The minimum atomic E-state index is -0.440. The molecular formula is C58H36N4. The SMILES string of the molecule is c1ccc(-c2ccc(-c3nc(-c4ccccc4)nc(-c4cccc(-n5c6ccccc6c6cc7c(cc65)C5(c6ccccc6-c6ccccc65)c5ccccc5-7)c4)n3)cc2)cc1. The van der Waals surface area contributed by atoms with Gasteiger partial charge in [0, 0.05) is 33.2 Å². The molecule has 2 aromatic heterocycles. The highest BCUT2D eigenvalue weighted by Crippen LogP contribution is 2.63. The van der Waals surface area contributed by atoms with Crippen molar-refractivity contribution in [1.29, 1.82) is 0 Å². The van der Waals surface area contributed by atoms with Gasteiger partial charge in [-0.15, -0.1) is 0 Å². The molecule has 0 bridgehead atoms. The highest BCUT2D eigenvalue weighted by molar-refractivity contribution is 6.12. The molecule has 0 unspecified atom stereocenters. The van der Waals surface area contributed by atoms with Crippen LogP contribution in [0.1, 0.15) is 22.3 Å². The third-order valence-corrected chi connectivity index (χ3v) is 13.1. The molecule has 2 aliphatic carbocycles. The van der Waals surface area contributed by atoms with Crippen molar-refractivity contribution < 1.29 is 0 Å². The largest absolute Gasteiger partial charge is 0.309 e. The molecule has 11 aromatic rings. The van der Waals surface area contributed by atoms with Gasteiger partial charge in [0.2, 0.25) is 0 Å². The minimum Gasteiger partial charge on any atom is -0.309 e. The molecule has 1 spiro atoms. The van der Waals surface area contributed by atoms with Gasteiger partial charge in [-0.1, -0.05) is 188 Å². The lowest BCUT2D eigenvalue weighted by Crippen LogP contribution is -2.25. The highest BCUT2D eigenvalue weighted by atomic mass is 15.0.